The first-order valence-electron chi connectivity index (χ1n) is 29.1. The average molecular weight is 1050 g/mol. The van der Waals surface area contributed by atoms with Crippen LogP contribution in [0.1, 0.15) is 162 Å². The molecule has 79 heavy (non-hydrogen) atoms. The lowest BCUT2D eigenvalue weighted by atomic mass is 9.33. The van der Waals surface area contributed by atoms with Crippen molar-refractivity contribution in [2.24, 2.45) is 7.05 Å². The Kier molecular flexibility index (Phi) is 11.4. The van der Waals surface area contributed by atoms with Gasteiger partial charge in [-0.2, -0.15) is 4.57 Å². The minimum Gasteiger partial charge on any atom is -0.310 e. The van der Waals surface area contributed by atoms with Crippen LogP contribution in [-0.2, 0) is 28.7 Å². The molecule has 4 nitrogen and oxygen atoms in total. The van der Waals surface area contributed by atoms with Gasteiger partial charge in [-0.15, -0.1) is 0 Å². The predicted octanol–water partition coefficient (Wildman–Crippen LogP) is 17.7. The quantitative estimate of drug-likeness (QED) is 0.126. The maximum Gasteiger partial charge on any atom is 0.295 e. The third kappa shape index (κ3) is 7.80. The molecule has 0 atom stereocenters. The summed E-state index contributed by atoms with van der Waals surface area (Å²) in [6.07, 6.45) is 0. The van der Waals surface area contributed by atoms with Crippen molar-refractivity contribution in [1.29, 1.82) is 0 Å². The Morgan fingerprint density at radius 3 is 1.73 bits per heavy atom. The number of anilines is 3. The van der Waals surface area contributed by atoms with E-state index >= 15 is 0 Å². The van der Waals surface area contributed by atoms with Crippen molar-refractivity contribution in [3.63, 3.8) is 0 Å². The Morgan fingerprint density at radius 1 is 0.481 bits per heavy atom. The molecule has 0 saturated heterocycles. The van der Waals surface area contributed by atoms with E-state index in [9.17, 15) is 0 Å². The van der Waals surface area contributed by atoms with Crippen LogP contribution in [0.15, 0.2) is 143 Å². The zero-order valence-corrected chi connectivity index (χ0v) is 50.9. The average Bonchev–Trinajstić information content (AvgIpc) is 2.85. The molecule has 0 aliphatic carbocycles. The van der Waals surface area contributed by atoms with Gasteiger partial charge in [-0.3, -0.25) is 0 Å². The lowest BCUT2D eigenvalue weighted by molar-refractivity contribution is -0.633. The van der Waals surface area contributed by atoms with Crippen LogP contribution in [0, 0.1) is 6.92 Å². The molecule has 0 saturated carbocycles. The second-order valence-corrected chi connectivity index (χ2v) is 29.3. The molecule has 5 heterocycles. The number of nitrogens with zero attached hydrogens (tertiary/aromatic N) is 4. The Morgan fingerprint density at radius 2 is 1.08 bits per heavy atom. The van der Waals surface area contributed by atoms with Gasteiger partial charge in [0.15, 0.2) is 11.0 Å². The van der Waals surface area contributed by atoms with Gasteiger partial charge < -0.3 is 9.47 Å². The molecule has 3 aliphatic rings. The molecule has 2 aromatic heterocycles. The second kappa shape index (κ2) is 17.4. The van der Waals surface area contributed by atoms with Gasteiger partial charge in [0.05, 0.1) is 29.5 Å². The van der Waals surface area contributed by atoms with Crippen molar-refractivity contribution in [1.82, 2.24) is 9.13 Å². The summed E-state index contributed by atoms with van der Waals surface area (Å²) in [4.78, 5) is 5.34. The van der Waals surface area contributed by atoms with E-state index in [1.807, 2.05) is 11.8 Å². The smallest absolute Gasteiger partial charge is 0.295 e. The summed E-state index contributed by atoms with van der Waals surface area (Å²) in [6.45, 7) is 40.1. The zero-order chi connectivity index (χ0) is 55.9. The van der Waals surface area contributed by atoms with Gasteiger partial charge >= 0.3 is 0 Å². The number of rotatable bonds is 5. The number of benzene rings is 8. The van der Waals surface area contributed by atoms with E-state index in [0.29, 0.717) is 11.8 Å². The molecule has 398 valence electrons. The van der Waals surface area contributed by atoms with E-state index in [-0.39, 0.29) is 28.4 Å². The Hall–Kier alpha value is -6.76. The predicted molar refractivity (Wildman–Crippen MR) is 341 cm³/mol. The Balaban J connectivity index is 1.19. The number of imidazole rings is 1. The fourth-order valence-corrected chi connectivity index (χ4v) is 14.7. The van der Waals surface area contributed by atoms with E-state index in [4.69, 9.17) is 0 Å². The normalized spacial score (nSPS) is 14.1. The highest BCUT2D eigenvalue weighted by Crippen LogP contribution is 2.55. The van der Waals surface area contributed by atoms with Crippen LogP contribution in [0.3, 0.4) is 0 Å². The molecule has 6 heteroatoms. The highest BCUT2D eigenvalue weighted by Gasteiger charge is 2.46. The van der Waals surface area contributed by atoms with Crippen molar-refractivity contribution in [3.05, 3.63) is 172 Å². The van der Waals surface area contributed by atoms with Gasteiger partial charge in [0.25, 0.3) is 12.5 Å². The van der Waals surface area contributed by atoms with Crippen LogP contribution in [0.25, 0.3) is 66.7 Å². The summed E-state index contributed by atoms with van der Waals surface area (Å²) in [5.41, 5.74) is 28.6. The second-order valence-electron chi connectivity index (χ2n) is 28.3. The van der Waals surface area contributed by atoms with Gasteiger partial charge in [-0.05, 0) is 169 Å². The lowest BCUT2D eigenvalue weighted by Crippen LogP contribution is -2.61. The Bertz CT molecular complexity index is 4220. The fraction of sp³-hybridized carbons (Fsp3) is 0.329. The van der Waals surface area contributed by atoms with Crippen LogP contribution in [0.5, 0.6) is 0 Å². The molecule has 0 bridgehead atoms. The SMILES string of the molecule is Cc1ccccc1-c1n(-c2c(C(C)C)cccc2C(C)C)c2cc(-c3cc4c5c(c3)-n3c6ccc(C(C)(C)C)cc6c6cc(C(C)(C)C)cc(c63)B5c3cc(C(C)(C)C)cc5c3N4c3ccc(C(C)(C)C)cc3S5)ccc2[n+]1C. The molecule has 0 N–H and O–H groups in total. The monoisotopic (exact) mass is 1050 g/mol. The van der Waals surface area contributed by atoms with Gasteiger partial charge in [0.2, 0.25) is 0 Å². The molecule has 3 aliphatic heterocycles. The first-order valence-corrected chi connectivity index (χ1v) is 29.9. The summed E-state index contributed by atoms with van der Waals surface area (Å²) in [6, 6.07) is 53.3. The third-order valence-electron chi connectivity index (χ3n) is 18.0. The summed E-state index contributed by atoms with van der Waals surface area (Å²) in [5.74, 6) is 1.83. The number of hydrogen-bond donors (Lipinski definition) is 0. The molecule has 0 fully saturated rings. The highest BCUT2D eigenvalue weighted by atomic mass is 32.2. The number of aromatic nitrogens is 3. The molecule has 13 rings (SSSR count). The molecule has 8 aromatic carbocycles. The molecular weight excluding hydrogens is 976 g/mol. The van der Waals surface area contributed by atoms with Gasteiger partial charge in [-0.25, -0.2) is 4.57 Å². The fourth-order valence-electron chi connectivity index (χ4n) is 13.5. The molecule has 0 spiro atoms. The minimum atomic E-state index is -0.0711. The number of para-hydroxylation sites is 1. The molecule has 0 radical (unpaired) electrons. The summed E-state index contributed by atoms with van der Waals surface area (Å²) in [5, 5.41) is 2.67. The first kappa shape index (κ1) is 51.7. The first-order chi connectivity index (χ1) is 37.2. The maximum atomic E-state index is 2.69. The van der Waals surface area contributed by atoms with Gasteiger partial charge in [0.1, 0.15) is 5.69 Å². The van der Waals surface area contributed by atoms with Crippen LogP contribution < -0.4 is 25.9 Å². The van der Waals surface area contributed by atoms with Gasteiger partial charge in [-0.1, -0.05) is 183 Å². The van der Waals surface area contributed by atoms with E-state index in [1.165, 1.54) is 149 Å². The van der Waals surface area contributed by atoms with Crippen LogP contribution in [0.2, 0.25) is 0 Å². The Labute approximate surface area is 475 Å². The van der Waals surface area contributed by atoms with E-state index in [0.717, 1.165) is 0 Å². The number of aryl methyl sites for hydroxylation is 2. The standard InChI is InChI=1S/C73H78BN4S/c1-41(2)50-24-21-25-51(42(3)4)66(50)78-60-32-44(26-29-58(60)75(18)69(78)52-23-20-19-22-43(52)5)45-33-61-65-62(34-45)77-59-31-28-47(71(9,10)11)39-63(59)79-64-40-49(73(15,16)17)38-56(68(64)77)74(65)55-37-48(72(12,13)14)36-54-53-35-46(70(6,7)8)27-30-57(53)76(61)67(54)55/h19-42H,1-18H3/q+1. The largest absolute Gasteiger partial charge is 0.310 e. The van der Waals surface area contributed by atoms with Crippen molar-refractivity contribution in [3.8, 4) is 33.9 Å². The summed E-state index contributed by atoms with van der Waals surface area (Å²) < 4.78 is 7.76. The highest BCUT2D eigenvalue weighted by molar-refractivity contribution is 7.99. The molecule has 10 aromatic rings. The van der Waals surface area contributed by atoms with Crippen molar-refractivity contribution >= 4 is 84.8 Å². The van der Waals surface area contributed by atoms with Crippen molar-refractivity contribution < 1.29 is 4.57 Å². The van der Waals surface area contributed by atoms with Gasteiger partial charge in [0, 0.05) is 48.6 Å². The van der Waals surface area contributed by atoms with E-state index in [2.05, 4.69) is 277 Å². The topological polar surface area (TPSA) is 17.0 Å². The third-order valence-corrected chi connectivity index (χ3v) is 19.1. The summed E-state index contributed by atoms with van der Waals surface area (Å²) in [7, 11) is 2.27. The molecule has 0 unspecified atom stereocenters. The molecular formula is C73H78BN4S+. The zero-order valence-electron chi connectivity index (χ0n) is 50.1. The van der Waals surface area contributed by atoms with E-state index < -0.39 is 0 Å². The maximum absolute atomic E-state index is 2.69. The van der Waals surface area contributed by atoms with Crippen LogP contribution in [0.4, 0.5) is 17.1 Å². The number of hydrogen-bond acceptors (Lipinski definition) is 2. The van der Waals surface area contributed by atoms with Crippen LogP contribution >= 0.6 is 11.8 Å². The lowest BCUT2D eigenvalue weighted by Gasteiger charge is -2.45. The van der Waals surface area contributed by atoms with E-state index in [1.54, 1.807) is 0 Å². The number of fused-ring (bicyclic) bond motifs is 10. The van der Waals surface area contributed by atoms with Crippen LogP contribution in [-0.4, -0.2) is 15.8 Å². The molecule has 0 amide bonds. The minimum absolute atomic E-state index is 0.000175. The van der Waals surface area contributed by atoms with Crippen molar-refractivity contribution in [2.45, 2.75) is 161 Å². The summed E-state index contributed by atoms with van der Waals surface area (Å²) >= 11 is 1.97. The van der Waals surface area contributed by atoms with Crippen molar-refractivity contribution in [2.75, 3.05) is 4.90 Å².